The van der Waals surface area contributed by atoms with Crippen LogP contribution in [0.3, 0.4) is 0 Å². The predicted octanol–water partition coefficient (Wildman–Crippen LogP) is 3.35. The number of hydrogen-bond acceptors (Lipinski definition) is 3. The van der Waals surface area contributed by atoms with Gasteiger partial charge in [-0.25, -0.2) is 0 Å². The van der Waals surface area contributed by atoms with Gasteiger partial charge < -0.3 is 15.5 Å². The smallest absolute Gasteiger partial charge is 0.211 e. The number of nitrogens with one attached hydrogen (secondary N) is 2. The van der Waals surface area contributed by atoms with E-state index in [4.69, 9.17) is 0 Å². The van der Waals surface area contributed by atoms with Crippen LogP contribution >= 0.6 is 12.4 Å². The van der Waals surface area contributed by atoms with E-state index in [0.717, 1.165) is 24.5 Å². The fraction of sp³-hybridized carbons (Fsp3) is 0.562. The van der Waals surface area contributed by atoms with Gasteiger partial charge in [0.2, 0.25) is 6.41 Å². The first-order valence-electron chi connectivity index (χ1n) is 7.53. The number of piperidine rings is 1. The van der Waals surface area contributed by atoms with Crippen LogP contribution in [-0.4, -0.2) is 37.5 Å². The summed E-state index contributed by atoms with van der Waals surface area (Å²) in [5.41, 5.74) is 1.91. The zero-order valence-corrected chi connectivity index (χ0v) is 13.5. The summed E-state index contributed by atoms with van der Waals surface area (Å²) in [6.45, 7) is 2.29. The summed E-state index contributed by atoms with van der Waals surface area (Å²) in [6.07, 6.45) is 7.54. The van der Waals surface area contributed by atoms with Gasteiger partial charge in [-0.1, -0.05) is 25.3 Å². The van der Waals surface area contributed by atoms with Crippen molar-refractivity contribution in [2.75, 3.05) is 30.8 Å². The van der Waals surface area contributed by atoms with Gasteiger partial charge in [-0.15, -0.1) is 12.4 Å². The van der Waals surface area contributed by atoms with Crippen LogP contribution < -0.4 is 10.6 Å². The quantitative estimate of drug-likeness (QED) is 0.838. The Morgan fingerprint density at radius 3 is 2.33 bits per heavy atom. The first kappa shape index (κ1) is 17.8. The lowest BCUT2D eigenvalue weighted by Gasteiger charge is -2.30. The molecule has 3 rings (SSSR count). The van der Waals surface area contributed by atoms with Gasteiger partial charge in [0.15, 0.2) is 0 Å². The topological polar surface area (TPSA) is 44.4 Å². The molecule has 2 fully saturated rings. The molecule has 0 bridgehead atoms. The third kappa shape index (κ3) is 7.34. The van der Waals surface area contributed by atoms with Gasteiger partial charge in [-0.2, -0.15) is 0 Å². The summed E-state index contributed by atoms with van der Waals surface area (Å²) in [5, 5.41) is 6.18. The van der Waals surface area contributed by atoms with Crippen molar-refractivity contribution >= 4 is 30.2 Å². The monoisotopic (exact) mass is 311 g/mol. The maximum atomic E-state index is 10.4. The maximum Gasteiger partial charge on any atom is 0.211 e. The molecule has 1 saturated carbocycles. The lowest BCUT2D eigenvalue weighted by Crippen LogP contribution is -2.36. The van der Waals surface area contributed by atoms with Crippen LogP contribution in [0.25, 0.3) is 0 Å². The van der Waals surface area contributed by atoms with Crippen LogP contribution in [0.15, 0.2) is 24.3 Å². The molecule has 1 aliphatic carbocycles. The van der Waals surface area contributed by atoms with Crippen LogP contribution in [0.2, 0.25) is 0 Å². The Morgan fingerprint density at radius 2 is 1.76 bits per heavy atom. The van der Waals surface area contributed by atoms with E-state index in [1.807, 2.05) is 24.3 Å². The number of anilines is 2. The van der Waals surface area contributed by atoms with E-state index in [0.29, 0.717) is 12.5 Å². The van der Waals surface area contributed by atoms with Gasteiger partial charge in [0.25, 0.3) is 0 Å². The van der Waals surface area contributed by atoms with Crippen molar-refractivity contribution in [3.8, 4) is 0 Å². The van der Waals surface area contributed by atoms with Crippen molar-refractivity contribution < 1.29 is 4.79 Å². The molecule has 1 aliphatic heterocycles. The summed E-state index contributed by atoms with van der Waals surface area (Å²) < 4.78 is 0. The number of carbonyl (C=O) groups is 1. The minimum absolute atomic E-state index is 0. The number of amides is 1. The molecule has 0 atom stereocenters. The molecule has 0 spiro atoms. The Kier molecular flexibility index (Phi) is 8.16. The van der Waals surface area contributed by atoms with Gasteiger partial charge in [0.1, 0.15) is 0 Å². The molecule has 1 aromatic carbocycles. The van der Waals surface area contributed by atoms with E-state index < -0.39 is 0 Å². The van der Waals surface area contributed by atoms with Gasteiger partial charge in [-0.3, -0.25) is 4.79 Å². The average Bonchev–Trinajstić information content (AvgIpc) is 3.31. The van der Waals surface area contributed by atoms with Gasteiger partial charge in [0.05, 0.1) is 0 Å². The highest BCUT2D eigenvalue weighted by Gasteiger charge is 2.16. The lowest BCUT2D eigenvalue weighted by molar-refractivity contribution is -0.105. The van der Waals surface area contributed by atoms with Crippen molar-refractivity contribution in [3.63, 3.8) is 0 Å². The summed E-state index contributed by atoms with van der Waals surface area (Å²) in [6, 6.07) is 8.37. The number of carbonyl (C=O) groups excluding carboxylic acids is 1. The van der Waals surface area contributed by atoms with Crippen LogP contribution in [0, 0.1) is 0 Å². The number of halogens is 1. The number of hydrogen-bond donors (Lipinski definition) is 2. The first-order chi connectivity index (χ1) is 9.78. The molecule has 2 aliphatic rings. The Bertz CT molecular complexity index is 415. The van der Waals surface area contributed by atoms with Crippen LogP contribution in [0.4, 0.5) is 11.4 Å². The first-order valence-corrected chi connectivity index (χ1v) is 7.53. The van der Waals surface area contributed by atoms with E-state index in [-0.39, 0.29) is 12.4 Å². The van der Waals surface area contributed by atoms with E-state index in [2.05, 4.69) is 22.6 Å². The zero-order chi connectivity index (χ0) is 14.2. The maximum absolute atomic E-state index is 10.4. The largest absolute Gasteiger partial charge is 0.382 e. The molecule has 1 aromatic rings. The van der Waals surface area contributed by atoms with Gasteiger partial charge >= 0.3 is 0 Å². The second-order valence-corrected chi connectivity index (χ2v) is 5.63. The van der Waals surface area contributed by atoms with E-state index >= 15 is 0 Å². The van der Waals surface area contributed by atoms with E-state index in [1.54, 1.807) is 0 Å². The third-order valence-electron chi connectivity index (χ3n) is 3.53. The van der Waals surface area contributed by atoms with Gasteiger partial charge in [0, 0.05) is 17.4 Å². The second kappa shape index (κ2) is 9.64. The van der Waals surface area contributed by atoms with Crippen molar-refractivity contribution in [1.82, 2.24) is 4.90 Å². The lowest BCUT2D eigenvalue weighted by atomic mass is 10.1. The molecule has 0 radical (unpaired) electrons. The molecule has 5 heteroatoms. The van der Waals surface area contributed by atoms with Gasteiger partial charge in [-0.05, 0) is 51.2 Å². The average molecular weight is 312 g/mol. The minimum atomic E-state index is 0. The van der Waals surface area contributed by atoms with Crippen molar-refractivity contribution in [2.45, 2.75) is 38.1 Å². The fourth-order valence-electron chi connectivity index (χ4n) is 2.16. The third-order valence-corrected chi connectivity index (χ3v) is 3.53. The molecule has 0 unspecified atom stereocenters. The van der Waals surface area contributed by atoms with E-state index in [9.17, 15) is 4.79 Å². The number of rotatable bonds is 4. The predicted molar refractivity (Wildman–Crippen MR) is 91.4 cm³/mol. The molecule has 1 amide bonds. The number of likely N-dealkylation sites (tertiary alicyclic amines) is 1. The highest BCUT2D eigenvalue weighted by molar-refractivity contribution is 5.85. The molecular formula is C16H26ClN3O. The van der Waals surface area contributed by atoms with Crippen LogP contribution in [0.1, 0.15) is 32.1 Å². The highest BCUT2D eigenvalue weighted by Crippen LogP contribution is 2.19. The van der Waals surface area contributed by atoms with Crippen molar-refractivity contribution in [1.29, 1.82) is 0 Å². The molecule has 0 aromatic heterocycles. The fourth-order valence-corrected chi connectivity index (χ4v) is 2.16. The summed E-state index contributed by atoms with van der Waals surface area (Å²) in [4.78, 5) is 12.7. The highest BCUT2D eigenvalue weighted by atomic mass is 35.5. The number of nitrogens with zero attached hydrogens (tertiary/aromatic N) is 1. The Hall–Kier alpha value is -1.26. The second-order valence-electron chi connectivity index (χ2n) is 5.63. The molecule has 21 heavy (non-hydrogen) atoms. The molecule has 118 valence electrons. The molecule has 1 saturated heterocycles. The molecule has 4 nitrogen and oxygen atoms in total. The zero-order valence-electron chi connectivity index (χ0n) is 12.7. The minimum Gasteiger partial charge on any atom is -0.382 e. The number of benzene rings is 1. The van der Waals surface area contributed by atoms with Crippen molar-refractivity contribution in [2.24, 2.45) is 0 Å². The summed E-state index contributed by atoms with van der Waals surface area (Å²) >= 11 is 0. The van der Waals surface area contributed by atoms with Crippen LogP contribution in [0.5, 0.6) is 0 Å². The Morgan fingerprint density at radius 1 is 1.14 bits per heavy atom. The molecule has 1 heterocycles. The Labute approximate surface area is 133 Å². The summed E-state index contributed by atoms with van der Waals surface area (Å²) in [5.74, 6) is 0. The Balaban J connectivity index is 0.000000490. The standard InChI is InChI=1S/C13H19N3O.C3H6.ClH/c1-16-7-5-11(6-8-16)15-13-4-2-3-12(9-13)14-10-17;1-2-3-1;/h2-4,9-11,15H,5-8H2,1H3,(H,14,17);1-3H2;1H. The normalized spacial score (nSPS) is 17.8. The molecule has 2 N–H and O–H groups in total. The van der Waals surface area contributed by atoms with Crippen LogP contribution in [-0.2, 0) is 4.79 Å². The van der Waals surface area contributed by atoms with Crippen molar-refractivity contribution in [3.05, 3.63) is 24.3 Å². The summed E-state index contributed by atoms with van der Waals surface area (Å²) in [7, 11) is 2.16. The van der Waals surface area contributed by atoms with E-state index in [1.165, 1.54) is 32.1 Å². The SMILES string of the molecule is C1CC1.CN1CCC(Nc2cccc(NC=O)c2)CC1.Cl. The molecular weight excluding hydrogens is 286 g/mol.